The Morgan fingerprint density at radius 3 is 2.76 bits per heavy atom. The largest absolute Gasteiger partial charge is 0.313 e. The number of hydrogen-bond donors (Lipinski definition) is 1. The van der Waals surface area contributed by atoms with Gasteiger partial charge in [0.1, 0.15) is 0 Å². The number of unbranched alkanes of at least 4 members (excludes halogenated alkanes) is 2. The second-order valence-electron chi connectivity index (χ2n) is 4.20. The van der Waals surface area contributed by atoms with Gasteiger partial charge in [0.2, 0.25) is 0 Å². The quantitative estimate of drug-likeness (QED) is 0.449. The van der Waals surface area contributed by atoms with E-state index in [1.165, 1.54) is 12.8 Å². The molecule has 0 radical (unpaired) electrons. The van der Waals surface area contributed by atoms with E-state index in [1.54, 1.807) is 19.1 Å². The average molecular weight is 236 g/mol. The van der Waals surface area contributed by atoms with Crippen molar-refractivity contribution in [3.8, 4) is 0 Å². The molecular weight excluding hydrogens is 216 g/mol. The Bertz CT molecular complexity index is 378. The van der Waals surface area contributed by atoms with Crippen LogP contribution < -0.4 is 5.32 Å². The van der Waals surface area contributed by atoms with Gasteiger partial charge >= 0.3 is 0 Å². The van der Waals surface area contributed by atoms with Crippen LogP contribution in [0.15, 0.2) is 18.2 Å². The number of nitro groups is 1. The summed E-state index contributed by atoms with van der Waals surface area (Å²) < 4.78 is 0. The highest BCUT2D eigenvalue weighted by atomic mass is 16.6. The third-order valence-corrected chi connectivity index (χ3v) is 2.89. The predicted molar refractivity (Wildman–Crippen MR) is 69.1 cm³/mol. The van der Waals surface area contributed by atoms with Crippen molar-refractivity contribution in [3.05, 3.63) is 39.4 Å². The Kier molecular flexibility index (Phi) is 5.63. The summed E-state index contributed by atoms with van der Waals surface area (Å²) in [5.41, 5.74) is 1.98. The third-order valence-electron chi connectivity index (χ3n) is 2.89. The van der Waals surface area contributed by atoms with Crippen LogP contribution in [0.5, 0.6) is 0 Å². The summed E-state index contributed by atoms with van der Waals surface area (Å²) in [5, 5.41) is 14.1. The Morgan fingerprint density at radius 2 is 2.12 bits per heavy atom. The van der Waals surface area contributed by atoms with Crippen molar-refractivity contribution in [2.75, 3.05) is 6.54 Å². The lowest BCUT2D eigenvalue weighted by atomic mass is 10.1. The molecule has 0 bridgehead atoms. The molecule has 0 aliphatic rings. The van der Waals surface area contributed by atoms with Crippen LogP contribution in [0.3, 0.4) is 0 Å². The highest BCUT2D eigenvalue weighted by Crippen LogP contribution is 2.20. The summed E-state index contributed by atoms with van der Waals surface area (Å²) in [4.78, 5) is 10.5. The van der Waals surface area contributed by atoms with Crippen molar-refractivity contribution >= 4 is 5.69 Å². The minimum atomic E-state index is -0.323. The van der Waals surface area contributed by atoms with Crippen LogP contribution in [0.1, 0.15) is 37.3 Å². The molecule has 94 valence electrons. The fourth-order valence-corrected chi connectivity index (χ4v) is 1.78. The topological polar surface area (TPSA) is 55.2 Å². The van der Waals surface area contributed by atoms with Crippen LogP contribution in [0.2, 0.25) is 0 Å². The van der Waals surface area contributed by atoms with E-state index < -0.39 is 0 Å². The molecule has 0 atom stereocenters. The molecule has 1 aromatic carbocycles. The van der Waals surface area contributed by atoms with Gasteiger partial charge in [-0.2, -0.15) is 0 Å². The Labute approximate surface area is 102 Å². The summed E-state index contributed by atoms with van der Waals surface area (Å²) in [6.07, 6.45) is 3.59. The molecule has 0 fully saturated rings. The number of nitrogens with zero attached hydrogens (tertiary/aromatic N) is 1. The molecule has 1 N–H and O–H groups in total. The second-order valence-corrected chi connectivity index (χ2v) is 4.20. The molecule has 1 aromatic rings. The van der Waals surface area contributed by atoms with Crippen molar-refractivity contribution in [1.82, 2.24) is 5.32 Å². The maximum absolute atomic E-state index is 10.8. The van der Waals surface area contributed by atoms with E-state index in [4.69, 9.17) is 0 Å². The third kappa shape index (κ3) is 4.15. The maximum Gasteiger partial charge on any atom is 0.272 e. The molecule has 1 rings (SSSR count). The normalized spacial score (nSPS) is 10.5. The van der Waals surface area contributed by atoms with Gasteiger partial charge < -0.3 is 5.32 Å². The zero-order chi connectivity index (χ0) is 12.7. The van der Waals surface area contributed by atoms with E-state index in [1.807, 2.05) is 6.07 Å². The van der Waals surface area contributed by atoms with Crippen LogP contribution in [0.25, 0.3) is 0 Å². The monoisotopic (exact) mass is 236 g/mol. The Hall–Kier alpha value is -1.42. The molecule has 0 unspecified atom stereocenters. The van der Waals surface area contributed by atoms with Gasteiger partial charge in [0.05, 0.1) is 4.92 Å². The van der Waals surface area contributed by atoms with Crippen molar-refractivity contribution in [2.45, 2.75) is 39.7 Å². The molecule has 0 saturated heterocycles. The molecule has 0 aromatic heterocycles. The zero-order valence-electron chi connectivity index (χ0n) is 10.5. The fraction of sp³-hybridized carbons (Fsp3) is 0.538. The molecule has 4 heteroatoms. The summed E-state index contributed by atoms with van der Waals surface area (Å²) in [6, 6.07) is 5.24. The van der Waals surface area contributed by atoms with Gasteiger partial charge in [-0.3, -0.25) is 10.1 Å². The summed E-state index contributed by atoms with van der Waals surface area (Å²) in [5.74, 6) is 0. The highest BCUT2D eigenvalue weighted by Gasteiger charge is 2.12. The minimum absolute atomic E-state index is 0.206. The molecule has 0 saturated carbocycles. The molecular formula is C13H20N2O2. The molecule has 17 heavy (non-hydrogen) atoms. The SMILES string of the molecule is CCCCCNCc1cccc([N+](=O)[O-])c1C. The van der Waals surface area contributed by atoms with Gasteiger partial charge in [0, 0.05) is 18.2 Å². The van der Waals surface area contributed by atoms with Crippen LogP contribution >= 0.6 is 0 Å². The number of benzene rings is 1. The Balaban J connectivity index is 2.54. The lowest BCUT2D eigenvalue weighted by molar-refractivity contribution is -0.385. The minimum Gasteiger partial charge on any atom is -0.313 e. The van der Waals surface area contributed by atoms with E-state index in [0.29, 0.717) is 6.54 Å². The lowest BCUT2D eigenvalue weighted by Gasteiger charge is -2.07. The molecule has 0 heterocycles. The number of rotatable bonds is 7. The summed E-state index contributed by atoms with van der Waals surface area (Å²) in [6.45, 7) is 5.65. The number of hydrogen-bond acceptors (Lipinski definition) is 3. The molecule has 4 nitrogen and oxygen atoms in total. The van der Waals surface area contributed by atoms with Crippen molar-refractivity contribution in [2.24, 2.45) is 0 Å². The van der Waals surface area contributed by atoms with Crippen molar-refractivity contribution in [3.63, 3.8) is 0 Å². The predicted octanol–water partition coefficient (Wildman–Crippen LogP) is 3.18. The van der Waals surface area contributed by atoms with Crippen LogP contribution in [0, 0.1) is 17.0 Å². The first kappa shape index (κ1) is 13.6. The zero-order valence-corrected chi connectivity index (χ0v) is 10.5. The lowest BCUT2D eigenvalue weighted by Crippen LogP contribution is -2.15. The first-order valence-electron chi connectivity index (χ1n) is 6.10. The molecule has 0 amide bonds. The van der Waals surface area contributed by atoms with Gasteiger partial charge in [-0.05, 0) is 25.5 Å². The second kappa shape index (κ2) is 7.01. The first-order chi connectivity index (χ1) is 8.16. The van der Waals surface area contributed by atoms with Gasteiger partial charge in [-0.25, -0.2) is 0 Å². The van der Waals surface area contributed by atoms with Gasteiger partial charge in [-0.15, -0.1) is 0 Å². The molecule has 0 aliphatic carbocycles. The van der Waals surface area contributed by atoms with Crippen LogP contribution in [-0.4, -0.2) is 11.5 Å². The number of nitro benzene ring substituents is 1. The first-order valence-corrected chi connectivity index (χ1v) is 6.10. The van der Waals surface area contributed by atoms with E-state index in [0.717, 1.165) is 24.1 Å². The Morgan fingerprint density at radius 1 is 1.35 bits per heavy atom. The summed E-state index contributed by atoms with van der Waals surface area (Å²) >= 11 is 0. The summed E-state index contributed by atoms with van der Waals surface area (Å²) in [7, 11) is 0. The smallest absolute Gasteiger partial charge is 0.272 e. The number of nitrogens with one attached hydrogen (secondary N) is 1. The van der Waals surface area contributed by atoms with Gasteiger partial charge in [0.25, 0.3) is 5.69 Å². The highest BCUT2D eigenvalue weighted by molar-refractivity contribution is 5.44. The van der Waals surface area contributed by atoms with Crippen molar-refractivity contribution in [1.29, 1.82) is 0 Å². The molecule has 0 aliphatic heterocycles. The van der Waals surface area contributed by atoms with Gasteiger partial charge in [0.15, 0.2) is 0 Å². The van der Waals surface area contributed by atoms with Crippen LogP contribution in [-0.2, 0) is 6.54 Å². The fourth-order valence-electron chi connectivity index (χ4n) is 1.78. The van der Waals surface area contributed by atoms with E-state index >= 15 is 0 Å². The van der Waals surface area contributed by atoms with Crippen LogP contribution in [0.4, 0.5) is 5.69 Å². The van der Waals surface area contributed by atoms with Gasteiger partial charge in [-0.1, -0.05) is 31.9 Å². The van der Waals surface area contributed by atoms with E-state index in [9.17, 15) is 10.1 Å². The molecule has 0 spiro atoms. The van der Waals surface area contributed by atoms with E-state index in [-0.39, 0.29) is 10.6 Å². The average Bonchev–Trinajstić information content (AvgIpc) is 2.30. The van der Waals surface area contributed by atoms with E-state index in [2.05, 4.69) is 12.2 Å². The standard InChI is InChI=1S/C13H20N2O2/c1-3-4-5-9-14-10-12-7-6-8-13(11(12)2)15(16)17/h6-8,14H,3-5,9-10H2,1-2H3. The van der Waals surface area contributed by atoms with Crippen molar-refractivity contribution < 1.29 is 4.92 Å². The maximum atomic E-state index is 10.8.